The number of halogens is 1. The van der Waals surface area contributed by atoms with Crippen molar-refractivity contribution in [3.63, 3.8) is 0 Å². The molecule has 0 aliphatic rings. The van der Waals surface area contributed by atoms with Gasteiger partial charge in [0.05, 0.1) is 0 Å². The van der Waals surface area contributed by atoms with Crippen LogP contribution < -0.4 is 0 Å². The summed E-state index contributed by atoms with van der Waals surface area (Å²) in [6.45, 7) is 0. The number of benzene rings is 2. The molecule has 4 heteroatoms. The summed E-state index contributed by atoms with van der Waals surface area (Å²) >= 11 is 7.38. The monoisotopic (exact) mass is 288 g/mol. The minimum absolute atomic E-state index is 0.600. The van der Waals surface area contributed by atoms with Crippen LogP contribution in [0.15, 0.2) is 42.5 Å². The molecule has 0 bridgehead atoms. The molecule has 0 fully saturated rings. The van der Waals surface area contributed by atoms with Gasteiger partial charge in [0.2, 0.25) is 0 Å². The lowest BCUT2D eigenvalue weighted by molar-refractivity contribution is 0.950. The third kappa shape index (κ3) is 2.77. The number of aryl methyl sites for hydroxylation is 1. The zero-order chi connectivity index (χ0) is 13.1. The molecule has 0 atom stereocenters. The molecular weight excluding hydrogens is 276 g/mol. The van der Waals surface area contributed by atoms with Crippen LogP contribution in [0.25, 0.3) is 10.8 Å². The molecule has 1 heterocycles. The lowest BCUT2D eigenvalue weighted by atomic mass is 10.0. The first kappa shape index (κ1) is 12.6. The lowest BCUT2D eigenvalue weighted by Crippen LogP contribution is -1.89. The number of aromatic nitrogens is 2. The van der Waals surface area contributed by atoms with Crippen LogP contribution in [-0.4, -0.2) is 16.1 Å². The molecule has 0 aliphatic heterocycles. The molecule has 0 aliphatic carbocycles. The molecule has 1 aromatic heterocycles. The van der Waals surface area contributed by atoms with E-state index in [0.717, 1.165) is 22.9 Å². The van der Waals surface area contributed by atoms with Crippen LogP contribution in [0.2, 0.25) is 0 Å². The summed E-state index contributed by atoms with van der Waals surface area (Å²) in [7, 11) is 0. The first-order valence-corrected chi connectivity index (χ1v) is 7.56. The molecule has 2 aromatic carbocycles. The maximum absolute atomic E-state index is 5.72. The van der Waals surface area contributed by atoms with Gasteiger partial charge in [-0.1, -0.05) is 42.5 Å². The highest BCUT2D eigenvalue weighted by Gasteiger charge is 2.07. The molecular formula is C15H13ClN2S. The van der Waals surface area contributed by atoms with Gasteiger partial charge in [0.15, 0.2) is 0 Å². The molecule has 0 saturated carbocycles. The predicted octanol–water partition coefficient (Wildman–Crippen LogP) is 4.06. The van der Waals surface area contributed by atoms with Crippen LogP contribution in [0.1, 0.15) is 15.6 Å². The van der Waals surface area contributed by atoms with Crippen molar-refractivity contribution in [2.24, 2.45) is 0 Å². The van der Waals surface area contributed by atoms with Gasteiger partial charge >= 0.3 is 0 Å². The highest BCUT2D eigenvalue weighted by molar-refractivity contribution is 7.11. The first-order valence-electron chi connectivity index (χ1n) is 6.20. The van der Waals surface area contributed by atoms with Crippen molar-refractivity contribution in [2.45, 2.75) is 12.8 Å². The van der Waals surface area contributed by atoms with Gasteiger partial charge in [0.25, 0.3) is 0 Å². The molecule has 3 rings (SSSR count). The molecule has 0 saturated heterocycles. The number of fused-ring (bicyclic) bond motifs is 1. The smallest absolute Gasteiger partial charge is 0.121 e. The van der Waals surface area contributed by atoms with Gasteiger partial charge in [0.1, 0.15) is 10.0 Å². The van der Waals surface area contributed by atoms with Crippen LogP contribution in [0, 0.1) is 0 Å². The molecule has 0 unspecified atom stereocenters. The Bertz CT molecular complexity index is 688. The summed E-state index contributed by atoms with van der Waals surface area (Å²) in [6, 6.07) is 14.8. The number of nitrogens with zero attached hydrogens (tertiary/aromatic N) is 2. The van der Waals surface area contributed by atoms with E-state index < -0.39 is 0 Å². The highest BCUT2D eigenvalue weighted by atomic mass is 35.5. The Labute approximate surface area is 121 Å². The van der Waals surface area contributed by atoms with E-state index in [4.69, 9.17) is 11.6 Å². The number of alkyl halides is 1. The Hall–Kier alpha value is -1.45. The maximum Gasteiger partial charge on any atom is 0.121 e. The average molecular weight is 289 g/mol. The van der Waals surface area contributed by atoms with Gasteiger partial charge in [-0.25, -0.2) is 0 Å². The summed E-state index contributed by atoms with van der Waals surface area (Å²) in [6.07, 6.45) is 1.63. The summed E-state index contributed by atoms with van der Waals surface area (Å²) in [5, 5.41) is 13.0. The highest BCUT2D eigenvalue weighted by Crippen LogP contribution is 2.22. The van der Waals surface area contributed by atoms with Crippen molar-refractivity contribution >= 4 is 33.7 Å². The van der Waals surface area contributed by atoms with Crippen LogP contribution >= 0.6 is 22.9 Å². The molecule has 2 nitrogen and oxygen atoms in total. The third-order valence-electron chi connectivity index (χ3n) is 3.04. The van der Waals surface area contributed by atoms with Crippen LogP contribution in [0.4, 0.5) is 0 Å². The summed E-state index contributed by atoms with van der Waals surface area (Å²) in [4.78, 5) is 0. The van der Waals surface area contributed by atoms with Gasteiger partial charge in [-0.05, 0) is 16.3 Å². The Kier molecular flexibility index (Phi) is 3.76. The fourth-order valence-corrected chi connectivity index (χ4v) is 3.31. The Morgan fingerprint density at radius 1 is 0.947 bits per heavy atom. The fourth-order valence-electron chi connectivity index (χ4n) is 2.15. The van der Waals surface area contributed by atoms with Crippen molar-refractivity contribution in [3.8, 4) is 0 Å². The molecule has 96 valence electrons. The van der Waals surface area contributed by atoms with Gasteiger partial charge in [0, 0.05) is 18.7 Å². The van der Waals surface area contributed by atoms with Gasteiger partial charge in [-0.3, -0.25) is 0 Å². The second-order valence-corrected chi connectivity index (χ2v) is 5.87. The summed E-state index contributed by atoms with van der Waals surface area (Å²) < 4.78 is 0. The lowest BCUT2D eigenvalue weighted by Gasteiger charge is -2.03. The Morgan fingerprint density at radius 2 is 1.74 bits per heavy atom. The maximum atomic E-state index is 5.72. The zero-order valence-electron chi connectivity index (χ0n) is 10.3. The predicted molar refractivity (Wildman–Crippen MR) is 81.1 cm³/mol. The minimum atomic E-state index is 0.600. The van der Waals surface area contributed by atoms with Crippen molar-refractivity contribution in [1.82, 2.24) is 10.2 Å². The molecule has 0 amide bonds. The van der Waals surface area contributed by atoms with Crippen molar-refractivity contribution in [2.75, 3.05) is 5.88 Å². The summed E-state index contributed by atoms with van der Waals surface area (Å²) in [5.41, 5.74) is 1.30. The standard InChI is InChI=1S/C15H13ClN2S/c16-9-8-14-17-18-15(19-14)10-12-6-3-5-11-4-1-2-7-13(11)12/h1-7H,8-10H2. The molecule has 3 aromatic rings. The van der Waals surface area contributed by atoms with E-state index in [0.29, 0.717) is 5.88 Å². The second-order valence-electron chi connectivity index (χ2n) is 4.34. The normalized spacial score (nSPS) is 11.0. The quantitative estimate of drug-likeness (QED) is 0.677. The number of hydrogen-bond acceptors (Lipinski definition) is 3. The largest absolute Gasteiger partial charge is 0.144 e. The number of hydrogen-bond donors (Lipinski definition) is 0. The van der Waals surface area contributed by atoms with Gasteiger partial charge in [-0.2, -0.15) is 0 Å². The zero-order valence-corrected chi connectivity index (χ0v) is 11.9. The van der Waals surface area contributed by atoms with Crippen LogP contribution in [0.5, 0.6) is 0 Å². The van der Waals surface area contributed by atoms with Crippen molar-refractivity contribution in [3.05, 3.63) is 58.0 Å². The average Bonchev–Trinajstić information content (AvgIpc) is 2.87. The van der Waals surface area contributed by atoms with E-state index in [2.05, 4.69) is 52.7 Å². The summed E-state index contributed by atoms with van der Waals surface area (Å²) in [5.74, 6) is 0.600. The molecule has 0 N–H and O–H groups in total. The second kappa shape index (κ2) is 5.68. The minimum Gasteiger partial charge on any atom is -0.144 e. The first-order chi connectivity index (χ1) is 9.36. The van der Waals surface area contributed by atoms with Crippen molar-refractivity contribution < 1.29 is 0 Å². The van der Waals surface area contributed by atoms with Crippen molar-refractivity contribution in [1.29, 1.82) is 0 Å². The molecule has 0 spiro atoms. The van der Waals surface area contributed by atoms with E-state index in [1.54, 1.807) is 11.3 Å². The van der Waals surface area contributed by atoms with Crippen LogP contribution in [-0.2, 0) is 12.8 Å². The molecule has 0 radical (unpaired) electrons. The third-order valence-corrected chi connectivity index (χ3v) is 4.21. The van der Waals surface area contributed by atoms with Crippen LogP contribution in [0.3, 0.4) is 0 Å². The van der Waals surface area contributed by atoms with E-state index in [-0.39, 0.29) is 0 Å². The Morgan fingerprint density at radius 3 is 2.63 bits per heavy atom. The molecule has 19 heavy (non-hydrogen) atoms. The topological polar surface area (TPSA) is 25.8 Å². The Balaban J connectivity index is 1.92. The van der Waals surface area contributed by atoms with E-state index in [9.17, 15) is 0 Å². The van der Waals surface area contributed by atoms with E-state index in [1.807, 2.05) is 0 Å². The van der Waals surface area contributed by atoms with E-state index >= 15 is 0 Å². The van der Waals surface area contributed by atoms with E-state index in [1.165, 1.54) is 16.3 Å². The SMILES string of the molecule is ClCCc1nnc(Cc2cccc3ccccc23)s1. The van der Waals surface area contributed by atoms with Gasteiger partial charge < -0.3 is 0 Å². The number of rotatable bonds is 4. The fraction of sp³-hybridized carbons (Fsp3) is 0.200. The van der Waals surface area contributed by atoms with Gasteiger partial charge in [-0.15, -0.1) is 33.1 Å².